The van der Waals surface area contributed by atoms with Crippen LogP contribution in [0.1, 0.15) is 22.0 Å². The summed E-state index contributed by atoms with van der Waals surface area (Å²) in [5.41, 5.74) is 2.03. The second-order valence-electron chi connectivity index (χ2n) is 6.32. The first-order chi connectivity index (χ1) is 13.5. The number of hydrogen-bond acceptors (Lipinski definition) is 4. The van der Waals surface area contributed by atoms with E-state index in [4.69, 9.17) is 21.7 Å². The van der Waals surface area contributed by atoms with Crippen LogP contribution in [0.3, 0.4) is 0 Å². The highest BCUT2D eigenvalue weighted by molar-refractivity contribution is 7.80. The summed E-state index contributed by atoms with van der Waals surface area (Å²) in [7, 11) is 1.58. The van der Waals surface area contributed by atoms with Crippen molar-refractivity contribution in [3.05, 3.63) is 84.6 Å². The second kappa shape index (κ2) is 8.71. The standard InChI is InChI=1S/C22H22N2O3S/c1-4-12-27-17-11-10-16(13-18(17)26-3)20-19(14(2)23-22(28)24-20)21(25)15-8-6-5-7-9-15/h4-11,13,19-20H,1-2,12H2,3H3,(H2,23,24,28)/t19-,20+/m1/s1. The van der Waals surface area contributed by atoms with E-state index in [-0.39, 0.29) is 11.8 Å². The molecule has 0 bridgehead atoms. The van der Waals surface area contributed by atoms with Crippen LogP contribution in [0.2, 0.25) is 0 Å². The molecule has 0 spiro atoms. The molecule has 1 aliphatic rings. The van der Waals surface area contributed by atoms with Gasteiger partial charge in [0.2, 0.25) is 0 Å². The zero-order valence-electron chi connectivity index (χ0n) is 15.6. The van der Waals surface area contributed by atoms with Crippen LogP contribution >= 0.6 is 12.2 Å². The van der Waals surface area contributed by atoms with E-state index < -0.39 is 5.92 Å². The highest BCUT2D eigenvalue weighted by Gasteiger charge is 2.37. The molecule has 2 N–H and O–H groups in total. The van der Waals surface area contributed by atoms with Crippen LogP contribution in [0.4, 0.5) is 0 Å². The number of ether oxygens (including phenoxy) is 2. The van der Waals surface area contributed by atoms with Crippen LogP contribution in [-0.4, -0.2) is 24.6 Å². The van der Waals surface area contributed by atoms with Crippen LogP contribution in [0, 0.1) is 5.92 Å². The molecule has 2 aromatic rings. The summed E-state index contributed by atoms with van der Waals surface area (Å²) in [6, 6.07) is 14.3. The smallest absolute Gasteiger partial charge is 0.174 e. The lowest BCUT2D eigenvalue weighted by molar-refractivity contribution is 0.0912. The summed E-state index contributed by atoms with van der Waals surface area (Å²) in [6.07, 6.45) is 1.67. The Morgan fingerprint density at radius 1 is 1.21 bits per heavy atom. The van der Waals surface area contributed by atoms with Gasteiger partial charge in [0.15, 0.2) is 22.4 Å². The zero-order valence-corrected chi connectivity index (χ0v) is 16.4. The summed E-state index contributed by atoms with van der Waals surface area (Å²) >= 11 is 5.30. The van der Waals surface area contributed by atoms with Crippen LogP contribution in [-0.2, 0) is 0 Å². The number of rotatable bonds is 7. The number of Topliss-reactive ketones (excluding diaryl/α,β-unsaturated/α-hetero) is 1. The SMILES string of the molecule is C=CCOc1ccc([C@@H]2NC(=S)NC(=C)[C@H]2C(=O)c2ccccc2)cc1OC. The van der Waals surface area contributed by atoms with Gasteiger partial charge in [-0.25, -0.2) is 0 Å². The monoisotopic (exact) mass is 394 g/mol. The molecule has 28 heavy (non-hydrogen) atoms. The maximum Gasteiger partial charge on any atom is 0.174 e. The molecule has 1 heterocycles. The van der Waals surface area contributed by atoms with Crippen molar-refractivity contribution in [1.82, 2.24) is 10.6 Å². The number of nitrogens with one attached hydrogen (secondary N) is 2. The van der Waals surface area contributed by atoms with E-state index in [0.29, 0.717) is 34.5 Å². The van der Waals surface area contributed by atoms with Gasteiger partial charge in [-0.05, 0) is 29.9 Å². The van der Waals surface area contributed by atoms with Crippen molar-refractivity contribution in [3.8, 4) is 11.5 Å². The molecule has 1 aliphatic heterocycles. The zero-order chi connectivity index (χ0) is 20.1. The molecule has 0 amide bonds. The minimum Gasteiger partial charge on any atom is -0.493 e. The van der Waals surface area contributed by atoms with Gasteiger partial charge in [-0.15, -0.1) is 0 Å². The Balaban J connectivity index is 1.98. The lowest BCUT2D eigenvalue weighted by Crippen LogP contribution is -2.50. The quantitative estimate of drug-likeness (QED) is 0.423. The lowest BCUT2D eigenvalue weighted by Gasteiger charge is -2.35. The minimum atomic E-state index is -0.529. The van der Waals surface area contributed by atoms with Crippen molar-refractivity contribution in [2.75, 3.05) is 13.7 Å². The van der Waals surface area contributed by atoms with Crippen LogP contribution in [0.25, 0.3) is 0 Å². The third-order valence-electron chi connectivity index (χ3n) is 4.51. The molecular weight excluding hydrogens is 372 g/mol. The maximum atomic E-state index is 13.2. The van der Waals surface area contributed by atoms with E-state index in [9.17, 15) is 4.79 Å². The summed E-state index contributed by atoms with van der Waals surface area (Å²) in [5.74, 6) is 0.609. The molecule has 5 nitrogen and oxygen atoms in total. The number of carbonyl (C=O) groups excluding carboxylic acids is 1. The Morgan fingerprint density at radius 3 is 2.64 bits per heavy atom. The van der Waals surface area contributed by atoms with Gasteiger partial charge in [0.1, 0.15) is 6.61 Å². The highest BCUT2D eigenvalue weighted by atomic mass is 32.1. The fourth-order valence-electron chi connectivity index (χ4n) is 3.20. The summed E-state index contributed by atoms with van der Waals surface area (Å²) < 4.78 is 11.1. The Morgan fingerprint density at radius 2 is 1.96 bits per heavy atom. The van der Waals surface area contributed by atoms with E-state index in [1.807, 2.05) is 36.4 Å². The molecule has 2 atom stereocenters. The van der Waals surface area contributed by atoms with Crippen molar-refractivity contribution >= 4 is 23.1 Å². The van der Waals surface area contributed by atoms with Gasteiger partial charge in [0, 0.05) is 11.3 Å². The van der Waals surface area contributed by atoms with Crippen molar-refractivity contribution in [3.63, 3.8) is 0 Å². The summed E-state index contributed by atoms with van der Waals surface area (Å²) in [6.45, 7) is 8.07. The Labute approximate surface area is 170 Å². The fourth-order valence-corrected chi connectivity index (χ4v) is 3.46. The third kappa shape index (κ3) is 4.07. The Kier molecular flexibility index (Phi) is 6.11. The van der Waals surface area contributed by atoms with Crippen molar-refractivity contribution in [2.24, 2.45) is 5.92 Å². The number of thiocarbonyl (C=S) groups is 1. The molecule has 1 fully saturated rings. The fraction of sp³-hybridized carbons (Fsp3) is 0.182. The third-order valence-corrected chi connectivity index (χ3v) is 4.73. The predicted molar refractivity (Wildman–Crippen MR) is 114 cm³/mol. The minimum absolute atomic E-state index is 0.0379. The number of carbonyl (C=O) groups is 1. The van der Waals surface area contributed by atoms with Gasteiger partial charge in [0.05, 0.1) is 19.1 Å². The van der Waals surface area contributed by atoms with Crippen molar-refractivity contribution < 1.29 is 14.3 Å². The highest BCUT2D eigenvalue weighted by Crippen LogP contribution is 2.36. The average Bonchev–Trinajstić information content (AvgIpc) is 2.71. The van der Waals surface area contributed by atoms with Gasteiger partial charge in [0.25, 0.3) is 0 Å². The second-order valence-corrected chi connectivity index (χ2v) is 6.73. The van der Waals surface area contributed by atoms with Gasteiger partial charge in [-0.1, -0.05) is 55.6 Å². The van der Waals surface area contributed by atoms with E-state index in [0.717, 1.165) is 5.56 Å². The topological polar surface area (TPSA) is 59.6 Å². The van der Waals surface area contributed by atoms with Crippen LogP contribution < -0.4 is 20.1 Å². The molecule has 6 heteroatoms. The molecule has 0 aromatic heterocycles. The molecule has 0 radical (unpaired) electrons. The molecule has 0 saturated carbocycles. The van der Waals surface area contributed by atoms with Gasteiger partial charge < -0.3 is 20.1 Å². The van der Waals surface area contributed by atoms with E-state index in [1.54, 1.807) is 25.3 Å². The van der Waals surface area contributed by atoms with Gasteiger partial charge in [-0.2, -0.15) is 0 Å². The van der Waals surface area contributed by atoms with Gasteiger partial charge >= 0.3 is 0 Å². The number of ketones is 1. The van der Waals surface area contributed by atoms with E-state index in [2.05, 4.69) is 23.8 Å². The lowest BCUT2D eigenvalue weighted by atomic mass is 9.83. The van der Waals surface area contributed by atoms with Crippen LogP contribution in [0.15, 0.2) is 73.5 Å². The Bertz CT molecular complexity index is 911. The van der Waals surface area contributed by atoms with E-state index >= 15 is 0 Å². The number of hydrogen-bond donors (Lipinski definition) is 2. The summed E-state index contributed by atoms with van der Waals surface area (Å²) in [4.78, 5) is 13.2. The molecule has 2 aromatic carbocycles. The van der Waals surface area contributed by atoms with Gasteiger partial charge in [-0.3, -0.25) is 4.79 Å². The van der Waals surface area contributed by atoms with Crippen LogP contribution in [0.5, 0.6) is 11.5 Å². The number of benzene rings is 2. The normalized spacial score (nSPS) is 18.6. The maximum absolute atomic E-state index is 13.2. The van der Waals surface area contributed by atoms with E-state index in [1.165, 1.54) is 0 Å². The molecule has 3 rings (SSSR count). The first kappa shape index (κ1) is 19.6. The van der Waals surface area contributed by atoms with Crippen molar-refractivity contribution in [1.29, 1.82) is 0 Å². The molecule has 0 unspecified atom stereocenters. The predicted octanol–water partition coefficient (Wildman–Crippen LogP) is 3.79. The Hall–Kier alpha value is -3.12. The summed E-state index contributed by atoms with van der Waals surface area (Å²) in [5, 5.41) is 6.62. The largest absolute Gasteiger partial charge is 0.493 e. The van der Waals surface area contributed by atoms with Crippen molar-refractivity contribution in [2.45, 2.75) is 6.04 Å². The molecule has 144 valence electrons. The molecule has 0 aliphatic carbocycles. The molecule has 1 saturated heterocycles. The average molecular weight is 394 g/mol. The first-order valence-corrected chi connectivity index (χ1v) is 9.23. The first-order valence-electron chi connectivity index (χ1n) is 8.82. The molecular formula is C22H22N2O3S. The number of methoxy groups -OCH3 is 1.